The largest absolute Gasteiger partial charge is 0.323 e. The van der Waals surface area contributed by atoms with Gasteiger partial charge in [0.2, 0.25) is 0 Å². The molecule has 0 N–H and O–H groups in total. The molecule has 1 unspecified atom stereocenters. The number of rotatable bonds is 0. The van der Waals surface area contributed by atoms with Crippen LogP contribution in [0.4, 0.5) is 0 Å². The SMILES string of the molecule is CC1C2(CC(C)(C)N(C)C1(C)C)OCO2. The first kappa shape index (κ1) is 11.4. The summed E-state index contributed by atoms with van der Waals surface area (Å²) in [5, 5.41) is 0. The summed E-state index contributed by atoms with van der Waals surface area (Å²) in [5.41, 5.74) is 0.221. The lowest BCUT2D eigenvalue weighted by atomic mass is 9.69. The zero-order valence-electron chi connectivity index (χ0n) is 10.8. The van der Waals surface area contributed by atoms with Crippen LogP contribution < -0.4 is 0 Å². The van der Waals surface area contributed by atoms with Crippen molar-refractivity contribution >= 4 is 0 Å². The maximum atomic E-state index is 5.74. The van der Waals surface area contributed by atoms with Crippen LogP contribution in [0.25, 0.3) is 0 Å². The summed E-state index contributed by atoms with van der Waals surface area (Å²) < 4.78 is 11.5. The second-order valence-electron chi connectivity index (χ2n) is 6.14. The molecule has 0 aromatic heterocycles. The van der Waals surface area contributed by atoms with Gasteiger partial charge in [0.05, 0.1) is 0 Å². The van der Waals surface area contributed by atoms with Crippen molar-refractivity contribution in [1.29, 1.82) is 0 Å². The molecule has 2 heterocycles. The summed E-state index contributed by atoms with van der Waals surface area (Å²) in [6, 6.07) is 0. The van der Waals surface area contributed by atoms with E-state index >= 15 is 0 Å². The molecule has 1 atom stereocenters. The maximum absolute atomic E-state index is 5.74. The molecular formula is C12H23NO2. The predicted molar refractivity (Wildman–Crippen MR) is 59.5 cm³/mol. The Labute approximate surface area is 92.7 Å². The van der Waals surface area contributed by atoms with Crippen LogP contribution in [0, 0.1) is 5.92 Å². The number of hydrogen-bond donors (Lipinski definition) is 0. The van der Waals surface area contributed by atoms with Gasteiger partial charge in [0.1, 0.15) is 0 Å². The van der Waals surface area contributed by atoms with Crippen LogP contribution in [-0.2, 0) is 9.47 Å². The maximum Gasteiger partial charge on any atom is 0.179 e. The van der Waals surface area contributed by atoms with E-state index < -0.39 is 0 Å². The Morgan fingerprint density at radius 1 is 1.13 bits per heavy atom. The van der Waals surface area contributed by atoms with Crippen LogP contribution in [0.1, 0.15) is 41.0 Å². The first-order chi connectivity index (χ1) is 6.72. The Kier molecular flexibility index (Phi) is 2.25. The minimum Gasteiger partial charge on any atom is -0.323 e. The number of piperidine rings is 1. The highest BCUT2D eigenvalue weighted by Gasteiger charge is 2.60. The van der Waals surface area contributed by atoms with Crippen LogP contribution in [0.15, 0.2) is 0 Å². The first-order valence-corrected chi connectivity index (χ1v) is 5.74. The molecule has 2 rings (SSSR count). The summed E-state index contributed by atoms with van der Waals surface area (Å²) >= 11 is 0. The van der Waals surface area contributed by atoms with Crippen LogP contribution in [0.2, 0.25) is 0 Å². The third-order valence-electron chi connectivity index (χ3n) is 4.78. The third kappa shape index (κ3) is 1.37. The van der Waals surface area contributed by atoms with Gasteiger partial charge in [-0.3, -0.25) is 4.90 Å². The topological polar surface area (TPSA) is 21.7 Å². The Hall–Kier alpha value is -0.120. The average Bonchev–Trinajstić information content (AvgIpc) is 2.07. The zero-order chi connectivity index (χ0) is 11.5. The fraction of sp³-hybridized carbons (Fsp3) is 1.00. The van der Waals surface area contributed by atoms with Crippen LogP contribution in [0.5, 0.6) is 0 Å². The van der Waals surface area contributed by atoms with E-state index in [4.69, 9.17) is 9.47 Å². The smallest absolute Gasteiger partial charge is 0.179 e. The molecule has 0 radical (unpaired) electrons. The number of likely N-dealkylation sites (tertiary alicyclic amines) is 1. The molecule has 2 saturated heterocycles. The van der Waals surface area contributed by atoms with E-state index in [1.54, 1.807) is 0 Å². The van der Waals surface area contributed by atoms with E-state index in [1.807, 2.05) is 0 Å². The second-order valence-corrected chi connectivity index (χ2v) is 6.14. The third-order valence-corrected chi connectivity index (χ3v) is 4.78. The van der Waals surface area contributed by atoms with Gasteiger partial charge in [-0.05, 0) is 34.7 Å². The molecule has 0 aliphatic carbocycles. The molecule has 0 bridgehead atoms. The number of hydrogen-bond acceptors (Lipinski definition) is 3. The zero-order valence-corrected chi connectivity index (χ0v) is 10.8. The van der Waals surface area contributed by atoms with Crippen molar-refractivity contribution in [3.8, 4) is 0 Å². The van der Waals surface area contributed by atoms with Gasteiger partial charge in [-0.1, -0.05) is 6.92 Å². The fourth-order valence-electron chi connectivity index (χ4n) is 3.05. The van der Waals surface area contributed by atoms with Crippen molar-refractivity contribution in [3.63, 3.8) is 0 Å². The molecule has 3 nitrogen and oxygen atoms in total. The van der Waals surface area contributed by atoms with Crippen molar-refractivity contribution in [2.75, 3.05) is 13.8 Å². The first-order valence-electron chi connectivity index (χ1n) is 5.74. The molecule has 3 heteroatoms. The lowest BCUT2D eigenvalue weighted by molar-refractivity contribution is -0.445. The van der Waals surface area contributed by atoms with E-state index in [0.29, 0.717) is 12.7 Å². The Balaban J connectivity index is 2.34. The molecule has 0 saturated carbocycles. The summed E-state index contributed by atoms with van der Waals surface area (Å²) in [6.45, 7) is 11.7. The standard InChI is InChI=1S/C12H23NO2/c1-9-11(4,5)13(6)10(2,3)7-12(9)14-8-15-12/h9H,7-8H2,1-6H3. The monoisotopic (exact) mass is 213 g/mol. The van der Waals surface area contributed by atoms with Crippen LogP contribution in [0.3, 0.4) is 0 Å². The lowest BCUT2D eigenvalue weighted by Crippen LogP contribution is -2.72. The average molecular weight is 213 g/mol. The molecule has 0 amide bonds. The lowest BCUT2D eigenvalue weighted by Gasteiger charge is -2.63. The highest BCUT2D eigenvalue weighted by Crippen LogP contribution is 2.51. The Morgan fingerprint density at radius 2 is 1.67 bits per heavy atom. The molecule has 2 aliphatic heterocycles. The predicted octanol–water partition coefficient (Wildman–Crippen LogP) is 2.22. The van der Waals surface area contributed by atoms with Crippen molar-refractivity contribution in [2.45, 2.75) is 57.9 Å². The number of ether oxygens (including phenoxy) is 2. The van der Waals surface area contributed by atoms with Gasteiger partial charge in [0.25, 0.3) is 0 Å². The minimum atomic E-state index is -0.334. The van der Waals surface area contributed by atoms with Gasteiger partial charge in [0.15, 0.2) is 12.6 Å². The molecule has 1 spiro atoms. The van der Waals surface area contributed by atoms with E-state index in [1.165, 1.54) is 0 Å². The highest BCUT2D eigenvalue weighted by molar-refractivity contribution is 5.07. The molecule has 88 valence electrons. The highest BCUT2D eigenvalue weighted by atomic mass is 16.9. The van der Waals surface area contributed by atoms with Gasteiger partial charge in [-0.25, -0.2) is 0 Å². The van der Waals surface area contributed by atoms with Gasteiger partial charge in [-0.15, -0.1) is 0 Å². The Bertz CT molecular complexity index is 267. The molecule has 2 fully saturated rings. The van der Waals surface area contributed by atoms with Crippen molar-refractivity contribution < 1.29 is 9.47 Å². The summed E-state index contributed by atoms with van der Waals surface area (Å²) in [5.74, 6) is 0.0521. The number of nitrogens with zero attached hydrogens (tertiary/aromatic N) is 1. The summed E-state index contributed by atoms with van der Waals surface area (Å²) in [4.78, 5) is 2.45. The van der Waals surface area contributed by atoms with Crippen LogP contribution >= 0.6 is 0 Å². The summed E-state index contributed by atoms with van der Waals surface area (Å²) in [6.07, 6.45) is 0.946. The van der Waals surface area contributed by atoms with Crippen LogP contribution in [-0.4, -0.2) is 35.6 Å². The van der Waals surface area contributed by atoms with Crippen molar-refractivity contribution in [1.82, 2.24) is 4.90 Å². The molecular weight excluding hydrogens is 190 g/mol. The van der Waals surface area contributed by atoms with Gasteiger partial charge in [-0.2, -0.15) is 0 Å². The summed E-state index contributed by atoms with van der Waals surface area (Å²) in [7, 11) is 2.20. The molecule has 2 aliphatic rings. The molecule has 0 aromatic carbocycles. The van der Waals surface area contributed by atoms with E-state index in [-0.39, 0.29) is 16.9 Å². The minimum absolute atomic E-state index is 0.0994. The molecule has 0 aromatic rings. The van der Waals surface area contributed by atoms with E-state index in [0.717, 1.165) is 6.42 Å². The van der Waals surface area contributed by atoms with Gasteiger partial charge < -0.3 is 9.47 Å². The van der Waals surface area contributed by atoms with E-state index in [9.17, 15) is 0 Å². The fourth-order valence-corrected chi connectivity index (χ4v) is 3.05. The van der Waals surface area contributed by atoms with Gasteiger partial charge in [0, 0.05) is 23.4 Å². The normalized spacial score (nSPS) is 37.6. The van der Waals surface area contributed by atoms with Crippen molar-refractivity contribution in [3.05, 3.63) is 0 Å². The Morgan fingerprint density at radius 3 is 2.07 bits per heavy atom. The van der Waals surface area contributed by atoms with Crippen molar-refractivity contribution in [2.24, 2.45) is 5.92 Å². The molecule has 15 heavy (non-hydrogen) atoms. The second kappa shape index (κ2) is 2.96. The quantitative estimate of drug-likeness (QED) is 0.616. The van der Waals surface area contributed by atoms with E-state index in [2.05, 4.69) is 46.6 Å². The van der Waals surface area contributed by atoms with Gasteiger partial charge >= 0.3 is 0 Å².